The molecule has 64 valence electrons. The van der Waals surface area contributed by atoms with Crippen LogP contribution in [-0.4, -0.2) is 15.6 Å². The van der Waals surface area contributed by atoms with Crippen molar-refractivity contribution in [1.82, 2.24) is 4.57 Å². The minimum Gasteiger partial charge on any atom is -0.478 e. The highest BCUT2D eigenvalue weighted by Gasteiger charge is 2.21. The summed E-state index contributed by atoms with van der Waals surface area (Å²) in [5.41, 5.74) is 2.41. The van der Waals surface area contributed by atoms with Crippen molar-refractivity contribution >= 4 is 5.97 Å². The summed E-state index contributed by atoms with van der Waals surface area (Å²) in [6.07, 6.45) is 3.93. The minimum absolute atomic E-state index is 0.521. The lowest BCUT2D eigenvalue weighted by atomic mass is 10.1. The Hall–Kier alpha value is -1.25. The van der Waals surface area contributed by atoms with Crippen LogP contribution in [0.5, 0.6) is 0 Å². The quantitative estimate of drug-likeness (QED) is 0.684. The molecule has 1 aliphatic heterocycles. The lowest BCUT2D eigenvalue weighted by molar-refractivity contribution is 0.0695. The molecule has 0 spiro atoms. The van der Waals surface area contributed by atoms with Gasteiger partial charge in [-0.3, -0.25) is 0 Å². The highest BCUT2D eigenvalue weighted by atomic mass is 16.4. The van der Waals surface area contributed by atoms with E-state index < -0.39 is 5.97 Å². The van der Waals surface area contributed by atoms with E-state index in [1.807, 2.05) is 13.1 Å². The molecule has 3 heteroatoms. The number of carboxylic acid groups (broad SMARTS) is 1. The Morgan fingerprint density at radius 3 is 3.08 bits per heavy atom. The van der Waals surface area contributed by atoms with E-state index in [0.29, 0.717) is 5.56 Å². The minimum atomic E-state index is -0.789. The number of aromatic carboxylic acids is 1. The van der Waals surface area contributed by atoms with Crippen molar-refractivity contribution in [2.75, 3.05) is 0 Å². The zero-order valence-corrected chi connectivity index (χ0v) is 7.00. The summed E-state index contributed by atoms with van der Waals surface area (Å²) in [5.74, 6) is -0.789. The maximum absolute atomic E-state index is 10.8. The second kappa shape index (κ2) is 2.37. The molecule has 12 heavy (non-hydrogen) atoms. The molecular formula is C9H11NO2. The number of hydrogen-bond donors (Lipinski definition) is 1. The third-order valence-electron chi connectivity index (χ3n) is 2.41. The molecule has 3 nitrogen and oxygen atoms in total. The number of nitrogens with zero attached hydrogens (tertiary/aromatic N) is 1. The van der Waals surface area contributed by atoms with Gasteiger partial charge in [0.25, 0.3) is 0 Å². The first-order chi connectivity index (χ1) is 5.70. The van der Waals surface area contributed by atoms with Crippen LogP contribution in [0.25, 0.3) is 0 Å². The summed E-state index contributed by atoms with van der Waals surface area (Å²) in [5, 5.41) is 8.91. The van der Waals surface area contributed by atoms with Gasteiger partial charge < -0.3 is 9.67 Å². The third-order valence-corrected chi connectivity index (χ3v) is 2.41. The molecule has 2 heterocycles. The van der Waals surface area contributed by atoms with Crippen molar-refractivity contribution in [3.8, 4) is 0 Å². The highest BCUT2D eigenvalue weighted by molar-refractivity contribution is 5.91. The van der Waals surface area contributed by atoms with Gasteiger partial charge in [0.2, 0.25) is 0 Å². The van der Waals surface area contributed by atoms with E-state index in [1.54, 1.807) is 0 Å². The second-order valence-corrected chi connectivity index (χ2v) is 3.24. The normalized spacial score (nSPS) is 14.8. The Kier molecular flexibility index (Phi) is 1.46. The van der Waals surface area contributed by atoms with Crippen LogP contribution in [0.15, 0.2) is 6.20 Å². The summed E-state index contributed by atoms with van der Waals surface area (Å²) in [6, 6.07) is 0. The number of hydrogen-bond acceptors (Lipinski definition) is 1. The smallest absolute Gasteiger partial charge is 0.337 e. The van der Waals surface area contributed by atoms with Crippen molar-refractivity contribution in [3.05, 3.63) is 23.0 Å². The maximum atomic E-state index is 10.8. The Morgan fingerprint density at radius 2 is 2.42 bits per heavy atom. The van der Waals surface area contributed by atoms with Gasteiger partial charge in [0, 0.05) is 18.4 Å². The van der Waals surface area contributed by atoms with Gasteiger partial charge in [-0.25, -0.2) is 4.79 Å². The average Bonchev–Trinajstić information content (AvgIpc) is 2.44. The van der Waals surface area contributed by atoms with Crippen LogP contribution in [0.4, 0.5) is 0 Å². The Morgan fingerprint density at radius 1 is 1.67 bits per heavy atom. The number of carboxylic acids is 1. The van der Waals surface area contributed by atoms with Gasteiger partial charge in [-0.1, -0.05) is 0 Å². The molecule has 0 unspecified atom stereocenters. The van der Waals surface area contributed by atoms with Gasteiger partial charge in [0.05, 0.1) is 5.56 Å². The first kappa shape index (κ1) is 7.40. The van der Waals surface area contributed by atoms with Crippen LogP contribution in [0, 0.1) is 6.92 Å². The average molecular weight is 165 g/mol. The molecule has 1 aliphatic rings. The molecule has 0 aliphatic carbocycles. The van der Waals surface area contributed by atoms with Crippen LogP contribution >= 0.6 is 0 Å². The number of rotatable bonds is 1. The molecule has 1 aromatic rings. The molecule has 1 N–H and O–H groups in total. The number of aryl methyl sites for hydroxylation is 2. The first-order valence-corrected chi connectivity index (χ1v) is 4.12. The standard InChI is InChI=1S/C9H11NO2/c1-6-5-10-4-2-3-7(10)8(6)9(11)12/h5H,2-4H2,1H3,(H,11,12). The molecule has 1 aromatic heterocycles. The van der Waals surface area contributed by atoms with Gasteiger partial charge in [-0.2, -0.15) is 0 Å². The third kappa shape index (κ3) is 0.858. The monoisotopic (exact) mass is 165 g/mol. The molecule has 0 atom stereocenters. The van der Waals surface area contributed by atoms with E-state index in [-0.39, 0.29) is 0 Å². The van der Waals surface area contributed by atoms with E-state index in [1.165, 1.54) is 0 Å². The predicted molar refractivity (Wildman–Crippen MR) is 44.4 cm³/mol. The lowest BCUT2D eigenvalue weighted by Crippen LogP contribution is -2.01. The zero-order chi connectivity index (χ0) is 8.72. The van der Waals surface area contributed by atoms with Gasteiger partial charge in [-0.05, 0) is 25.3 Å². The molecular weight excluding hydrogens is 154 g/mol. The molecule has 0 bridgehead atoms. The Bertz CT molecular complexity index is 339. The largest absolute Gasteiger partial charge is 0.478 e. The topological polar surface area (TPSA) is 42.2 Å². The van der Waals surface area contributed by atoms with Gasteiger partial charge in [0.15, 0.2) is 0 Å². The summed E-state index contributed by atoms with van der Waals surface area (Å²) >= 11 is 0. The van der Waals surface area contributed by atoms with Crippen molar-refractivity contribution < 1.29 is 9.90 Å². The van der Waals surface area contributed by atoms with Crippen molar-refractivity contribution in [2.45, 2.75) is 26.3 Å². The molecule has 0 saturated heterocycles. The summed E-state index contributed by atoms with van der Waals surface area (Å²) in [7, 11) is 0. The maximum Gasteiger partial charge on any atom is 0.337 e. The van der Waals surface area contributed by atoms with Crippen molar-refractivity contribution in [2.24, 2.45) is 0 Å². The van der Waals surface area contributed by atoms with E-state index >= 15 is 0 Å². The van der Waals surface area contributed by atoms with E-state index in [4.69, 9.17) is 5.11 Å². The zero-order valence-electron chi connectivity index (χ0n) is 7.00. The fraction of sp³-hybridized carbons (Fsp3) is 0.444. The van der Waals surface area contributed by atoms with E-state index in [2.05, 4.69) is 4.57 Å². The van der Waals surface area contributed by atoms with E-state index in [9.17, 15) is 4.79 Å². The van der Waals surface area contributed by atoms with Crippen LogP contribution in [-0.2, 0) is 13.0 Å². The number of fused-ring (bicyclic) bond motifs is 1. The van der Waals surface area contributed by atoms with Crippen LogP contribution in [0.2, 0.25) is 0 Å². The summed E-state index contributed by atoms with van der Waals surface area (Å²) in [4.78, 5) is 10.8. The SMILES string of the molecule is Cc1cn2c(c1C(=O)O)CCC2. The van der Waals surface area contributed by atoms with Crippen molar-refractivity contribution in [1.29, 1.82) is 0 Å². The fourth-order valence-electron chi connectivity index (χ4n) is 1.92. The van der Waals surface area contributed by atoms with E-state index in [0.717, 1.165) is 30.6 Å². The molecule has 0 aromatic carbocycles. The Labute approximate surface area is 70.6 Å². The van der Waals surface area contributed by atoms with Gasteiger partial charge >= 0.3 is 5.97 Å². The van der Waals surface area contributed by atoms with Crippen LogP contribution in [0.1, 0.15) is 28.0 Å². The first-order valence-electron chi connectivity index (χ1n) is 4.12. The lowest BCUT2D eigenvalue weighted by Gasteiger charge is -1.95. The Balaban J connectivity index is 2.59. The number of aromatic nitrogens is 1. The molecule has 2 rings (SSSR count). The number of carbonyl (C=O) groups is 1. The highest BCUT2D eigenvalue weighted by Crippen LogP contribution is 2.23. The second-order valence-electron chi connectivity index (χ2n) is 3.24. The molecule has 0 amide bonds. The summed E-state index contributed by atoms with van der Waals surface area (Å²) in [6.45, 7) is 2.83. The van der Waals surface area contributed by atoms with Crippen LogP contribution in [0.3, 0.4) is 0 Å². The molecule has 0 fully saturated rings. The molecule has 0 saturated carbocycles. The molecule has 0 radical (unpaired) electrons. The van der Waals surface area contributed by atoms with Gasteiger partial charge in [-0.15, -0.1) is 0 Å². The predicted octanol–water partition coefficient (Wildman–Crippen LogP) is 1.44. The summed E-state index contributed by atoms with van der Waals surface area (Å²) < 4.78 is 2.05. The van der Waals surface area contributed by atoms with Crippen molar-refractivity contribution in [3.63, 3.8) is 0 Å². The van der Waals surface area contributed by atoms with Gasteiger partial charge in [0.1, 0.15) is 0 Å². The fourth-order valence-corrected chi connectivity index (χ4v) is 1.92. The van der Waals surface area contributed by atoms with Crippen LogP contribution < -0.4 is 0 Å².